The molecule has 110 valence electrons. The molecule has 20 heavy (non-hydrogen) atoms. The van der Waals surface area contributed by atoms with E-state index in [1.54, 1.807) is 7.11 Å². The van der Waals surface area contributed by atoms with Gasteiger partial charge < -0.3 is 9.30 Å². The fourth-order valence-corrected chi connectivity index (χ4v) is 2.45. The number of rotatable bonds is 5. The van der Waals surface area contributed by atoms with Crippen molar-refractivity contribution in [3.8, 4) is 5.88 Å². The summed E-state index contributed by atoms with van der Waals surface area (Å²) >= 11 is 8.09. The number of pyridine rings is 1. The van der Waals surface area contributed by atoms with Crippen LogP contribution in [0.1, 0.15) is 32.0 Å². The second kappa shape index (κ2) is 5.82. The van der Waals surface area contributed by atoms with E-state index in [1.165, 1.54) is 0 Å². The second-order valence-corrected chi connectivity index (χ2v) is 7.50. The zero-order valence-corrected chi connectivity index (χ0v) is 14.0. The zero-order valence-electron chi connectivity index (χ0n) is 12.5. The number of methoxy groups -OCH3 is 1. The van der Waals surface area contributed by atoms with Crippen LogP contribution in [0.15, 0.2) is 12.1 Å². The summed E-state index contributed by atoms with van der Waals surface area (Å²) in [5.74, 6) is 1.44. The number of alkyl halides is 1. The Morgan fingerprint density at radius 2 is 2.10 bits per heavy atom. The average Bonchev–Trinajstić information content (AvgIpc) is 2.76. The van der Waals surface area contributed by atoms with Gasteiger partial charge in [-0.05, 0) is 33.1 Å². The Morgan fingerprint density at radius 1 is 1.40 bits per heavy atom. The summed E-state index contributed by atoms with van der Waals surface area (Å²) in [5.41, 5.74) is 1.68. The smallest absolute Gasteiger partial charge is 0.215 e. The van der Waals surface area contributed by atoms with Gasteiger partial charge in [-0.1, -0.05) is 0 Å². The molecule has 1 atom stereocenters. The predicted molar refractivity (Wildman–Crippen MR) is 85.9 cm³/mol. The van der Waals surface area contributed by atoms with Gasteiger partial charge in [-0.25, -0.2) is 4.98 Å². The first kappa shape index (κ1) is 15.4. The quantitative estimate of drug-likeness (QED) is 0.785. The lowest BCUT2D eigenvalue weighted by atomic mass is 10.2. The highest BCUT2D eigenvalue weighted by atomic mass is 35.5. The molecule has 0 aliphatic heterocycles. The number of ether oxygens (including phenoxy) is 1. The Labute approximate surface area is 128 Å². The number of aromatic nitrogens is 3. The number of imidazole rings is 1. The van der Waals surface area contributed by atoms with Crippen LogP contribution in [0.2, 0.25) is 0 Å². The maximum absolute atomic E-state index is 6.28. The maximum Gasteiger partial charge on any atom is 0.215 e. The number of hydrogen-bond donors (Lipinski definition) is 0. The van der Waals surface area contributed by atoms with Crippen LogP contribution in [0.25, 0.3) is 11.2 Å². The first-order valence-electron chi connectivity index (χ1n) is 6.48. The summed E-state index contributed by atoms with van der Waals surface area (Å²) in [5, 5.41) is -0.159. The van der Waals surface area contributed by atoms with E-state index in [9.17, 15) is 0 Å². The van der Waals surface area contributed by atoms with E-state index < -0.39 is 0 Å². The van der Waals surface area contributed by atoms with Crippen molar-refractivity contribution in [2.75, 3.05) is 13.4 Å². The van der Waals surface area contributed by atoms with Crippen molar-refractivity contribution in [1.29, 1.82) is 0 Å². The summed E-state index contributed by atoms with van der Waals surface area (Å²) in [7, 11) is 1.62. The van der Waals surface area contributed by atoms with Gasteiger partial charge in [0, 0.05) is 17.4 Å². The number of fused-ring (bicyclic) bond motifs is 1. The molecule has 6 heteroatoms. The minimum Gasteiger partial charge on any atom is -0.481 e. The fraction of sp³-hybridized carbons (Fsp3) is 0.571. The SMILES string of the molecule is COc1ccc2nc(C(C)Cl)n(CC(C)(C)SC)c2n1. The van der Waals surface area contributed by atoms with Gasteiger partial charge in [0.1, 0.15) is 11.3 Å². The highest BCUT2D eigenvalue weighted by Gasteiger charge is 2.23. The number of thioether (sulfide) groups is 1. The Balaban J connectivity index is 2.60. The lowest BCUT2D eigenvalue weighted by Crippen LogP contribution is -2.24. The van der Waals surface area contributed by atoms with Crippen LogP contribution in [-0.2, 0) is 6.54 Å². The van der Waals surface area contributed by atoms with E-state index in [0.29, 0.717) is 5.88 Å². The van der Waals surface area contributed by atoms with Crippen LogP contribution in [0, 0.1) is 0 Å². The van der Waals surface area contributed by atoms with Gasteiger partial charge in [-0.15, -0.1) is 11.6 Å². The van der Waals surface area contributed by atoms with Crippen molar-refractivity contribution < 1.29 is 4.74 Å². The standard InChI is InChI=1S/C14H20ClN3OS/c1-9(15)12-16-10-6-7-11(19-4)17-13(10)18(12)8-14(2,3)20-5/h6-7,9H,8H2,1-5H3. The monoisotopic (exact) mass is 313 g/mol. The summed E-state index contributed by atoms with van der Waals surface area (Å²) in [6.45, 7) is 7.14. The molecule has 0 N–H and O–H groups in total. The molecule has 0 spiro atoms. The average molecular weight is 314 g/mol. The van der Waals surface area contributed by atoms with E-state index >= 15 is 0 Å². The number of halogens is 1. The Kier molecular flexibility index (Phi) is 4.49. The van der Waals surface area contributed by atoms with Gasteiger partial charge in [0.15, 0.2) is 5.65 Å². The van der Waals surface area contributed by atoms with E-state index in [1.807, 2.05) is 30.8 Å². The number of hydrogen-bond acceptors (Lipinski definition) is 4. The lowest BCUT2D eigenvalue weighted by molar-refractivity contribution is 0.398. The minimum atomic E-state index is -0.159. The molecule has 2 heterocycles. The molecular weight excluding hydrogens is 294 g/mol. The van der Waals surface area contributed by atoms with Gasteiger partial charge in [0.05, 0.1) is 12.5 Å². The van der Waals surface area contributed by atoms with Crippen LogP contribution >= 0.6 is 23.4 Å². The van der Waals surface area contributed by atoms with Gasteiger partial charge in [-0.3, -0.25) is 0 Å². The summed E-state index contributed by atoms with van der Waals surface area (Å²) < 4.78 is 7.40. The third kappa shape index (κ3) is 3.04. The summed E-state index contributed by atoms with van der Waals surface area (Å²) in [6.07, 6.45) is 2.11. The molecule has 1 unspecified atom stereocenters. The largest absolute Gasteiger partial charge is 0.481 e. The third-order valence-corrected chi connectivity index (χ3v) is 4.68. The summed E-state index contributed by atoms with van der Waals surface area (Å²) in [4.78, 5) is 9.14. The highest BCUT2D eigenvalue weighted by Crippen LogP contribution is 2.30. The van der Waals surface area contributed by atoms with Crippen molar-refractivity contribution in [3.05, 3.63) is 18.0 Å². The molecule has 0 radical (unpaired) electrons. The van der Waals surface area contributed by atoms with Crippen LogP contribution in [0.3, 0.4) is 0 Å². The van der Waals surface area contributed by atoms with Crippen molar-refractivity contribution >= 4 is 34.5 Å². The van der Waals surface area contributed by atoms with Gasteiger partial charge in [0.25, 0.3) is 0 Å². The molecule has 0 fully saturated rings. The Morgan fingerprint density at radius 3 is 2.65 bits per heavy atom. The molecule has 2 aromatic heterocycles. The third-order valence-electron chi connectivity index (χ3n) is 3.25. The lowest BCUT2D eigenvalue weighted by Gasteiger charge is -2.24. The first-order chi connectivity index (χ1) is 9.38. The van der Waals surface area contributed by atoms with E-state index in [-0.39, 0.29) is 10.1 Å². The van der Waals surface area contributed by atoms with Crippen LogP contribution < -0.4 is 4.74 Å². The molecule has 0 saturated heterocycles. The molecule has 4 nitrogen and oxygen atoms in total. The Bertz CT molecular complexity index is 610. The number of nitrogens with zero attached hydrogens (tertiary/aromatic N) is 3. The van der Waals surface area contributed by atoms with Gasteiger partial charge >= 0.3 is 0 Å². The molecule has 2 rings (SSSR count). The zero-order chi connectivity index (χ0) is 14.9. The molecular formula is C14H20ClN3OS. The van der Waals surface area contributed by atoms with Crippen molar-refractivity contribution in [1.82, 2.24) is 14.5 Å². The molecule has 2 aromatic rings. The van der Waals surface area contributed by atoms with Crippen LogP contribution in [0.5, 0.6) is 5.88 Å². The van der Waals surface area contributed by atoms with Crippen molar-refractivity contribution in [2.24, 2.45) is 0 Å². The van der Waals surface area contributed by atoms with Gasteiger partial charge in [-0.2, -0.15) is 16.7 Å². The highest BCUT2D eigenvalue weighted by molar-refractivity contribution is 7.99. The van der Waals surface area contributed by atoms with E-state index in [2.05, 4.69) is 34.6 Å². The maximum atomic E-state index is 6.28. The molecule has 0 amide bonds. The van der Waals surface area contributed by atoms with Gasteiger partial charge in [0.2, 0.25) is 5.88 Å². The molecule has 0 aromatic carbocycles. The molecule has 0 aliphatic carbocycles. The van der Waals surface area contributed by atoms with E-state index in [0.717, 1.165) is 23.5 Å². The predicted octanol–water partition coefficient (Wildman–Crippen LogP) is 3.88. The Hall–Kier alpha value is -0.940. The fourth-order valence-electron chi connectivity index (χ4n) is 2.02. The van der Waals surface area contributed by atoms with Crippen LogP contribution in [0.4, 0.5) is 0 Å². The van der Waals surface area contributed by atoms with Crippen molar-refractivity contribution in [2.45, 2.75) is 37.4 Å². The molecule has 0 saturated carbocycles. The molecule has 0 aliphatic rings. The normalized spacial score (nSPS) is 13.7. The minimum absolute atomic E-state index is 0.0823. The second-order valence-electron chi connectivity index (χ2n) is 5.33. The van der Waals surface area contributed by atoms with Crippen molar-refractivity contribution in [3.63, 3.8) is 0 Å². The molecule has 0 bridgehead atoms. The first-order valence-corrected chi connectivity index (χ1v) is 8.14. The van der Waals surface area contributed by atoms with Crippen LogP contribution in [-0.4, -0.2) is 32.6 Å². The van der Waals surface area contributed by atoms with E-state index in [4.69, 9.17) is 16.3 Å². The topological polar surface area (TPSA) is 39.9 Å². The summed E-state index contributed by atoms with van der Waals surface area (Å²) in [6, 6.07) is 3.74.